The number of carboxylic acids is 1. The number of aliphatic carboxylic acids is 1. The summed E-state index contributed by atoms with van der Waals surface area (Å²) in [6, 6.07) is 6.98. The maximum absolute atomic E-state index is 12.2. The number of carboxylic acid groups (broad SMARTS) is 1. The van der Waals surface area contributed by atoms with Gasteiger partial charge < -0.3 is 16.2 Å². The van der Waals surface area contributed by atoms with Crippen LogP contribution >= 0.6 is 0 Å². The third-order valence-corrected chi connectivity index (χ3v) is 3.75. The first-order chi connectivity index (χ1) is 10.1. The summed E-state index contributed by atoms with van der Waals surface area (Å²) in [5, 5.41) is 11.4. The number of hydrogen-bond donors (Lipinski definition) is 3. The molecule has 1 aliphatic carbocycles. The molecular weight excluding hydrogens is 268 g/mol. The Labute approximate surface area is 123 Å². The summed E-state index contributed by atoms with van der Waals surface area (Å²) >= 11 is 0. The van der Waals surface area contributed by atoms with E-state index in [4.69, 9.17) is 10.8 Å². The van der Waals surface area contributed by atoms with Crippen molar-refractivity contribution in [3.05, 3.63) is 35.9 Å². The molecule has 0 heterocycles. The Bertz CT molecular complexity index is 537. The van der Waals surface area contributed by atoms with E-state index in [-0.39, 0.29) is 17.9 Å². The number of rotatable bonds is 4. The normalized spacial score (nSPS) is 22.1. The molecule has 5 heteroatoms. The van der Waals surface area contributed by atoms with Gasteiger partial charge in [0.2, 0.25) is 5.91 Å². The van der Waals surface area contributed by atoms with E-state index < -0.39 is 5.97 Å². The van der Waals surface area contributed by atoms with Crippen LogP contribution in [-0.4, -0.2) is 23.0 Å². The molecule has 1 aromatic carbocycles. The van der Waals surface area contributed by atoms with Gasteiger partial charge in [0.15, 0.2) is 0 Å². The van der Waals surface area contributed by atoms with Crippen molar-refractivity contribution in [2.45, 2.75) is 31.7 Å². The molecule has 2 rings (SSSR count). The number of nitrogens with one attached hydrogen (secondary N) is 1. The average molecular weight is 288 g/mol. The smallest absolute Gasteiger partial charge is 0.328 e. The minimum absolute atomic E-state index is 0.0315. The molecule has 2 atom stereocenters. The van der Waals surface area contributed by atoms with E-state index in [1.54, 1.807) is 24.3 Å². The molecule has 112 valence electrons. The van der Waals surface area contributed by atoms with Crippen LogP contribution in [0.4, 0.5) is 5.69 Å². The van der Waals surface area contributed by atoms with Crippen molar-refractivity contribution >= 4 is 23.6 Å². The summed E-state index contributed by atoms with van der Waals surface area (Å²) < 4.78 is 0. The van der Waals surface area contributed by atoms with Crippen LogP contribution in [0.15, 0.2) is 30.3 Å². The summed E-state index contributed by atoms with van der Waals surface area (Å²) in [5.41, 5.74) is 7.47. The third-order valence-electron chi connectivity index (χ3n) is 3.75. The first kappa shape index (κ1) is 15.3. The fourth-order valence-corrected chi connectivity index (χ4v) is 2.57. The minimum atomic E-state index is -0.987. The number of carbonyl (C=O) groups is 2. The van der Waals surface area contributed by atoms with Gasteiger partial charge in [0, 0.05) is 17.8 Å². The Hall–Kier alpha value is -2.14. The Morgan fingerprint density at radius 2 is 1.86 bits per heavy atom. The maximum Gasteiger partial charge on any atom is 0.328 e. The predicted molar refractivity (Wildman–Crippen MR) is 81.7 cm³/mol. The Kier molecular flexibility index (Phi) is 5.11. The molecule has 0 bridgehead atoms. The number of benzene rings is 1. The van der Waals surface area contributed by atoms with Crippen molar-refractivity contribution in [3.63, 3.8) is 0 Å². The molecule has 0 spiro atoms. The second-order valence-corrected chi connectivity index (χ2v) is 5.34. The fraction of sp³-hybridized carbons (Fsp3) is 0.375. The van der Waals surface area contributed by atoms with Crippen LogP contribution in [0.25, 0.3) is 6.08 Å². The minimum Gasteiger partial charge on any atom is -0.478 e. The van der Waals surface area contributed by atoms with Crippen molar-refractivity contribution in [2.75, 3.05) is 5.32 Å². The highest BCUT2D eigenvalue weighted by Crippen LogP contribution is 2.24. The van der Waals surface area contributed by atoms with Crippen molar-refractivity contribution < 1.29 is 14.7 Å². The molecule has 1 amide bonds. The zero-order chi connectivity index (χ0) is 15.2. The number of hydrogen-bond acceptors (Lipinski definition) is 3. The standard InChI is InChI=1S/C16H20N2O3/c17-14-4-2-1-3-13(14)16(21)18-12-8-5-11(6-9-12)7-10-15(19)20/h5-10,13-14H,1-4,17H2,(H,18,21)(H,19,20)/b10-7+. The zero-order valence-electron chi connectivity index (χ0n) is 11.8. The van der Waals surface area contributed by atoms with Crippen LogP contribution in [0.3, 0.4) is 0 Å². The number of amides is 1. The highest BCUT2D eigenvalue weighted by atomic mass is 16.4. The summed E-state index contributed by atoms with van der Waals surface area (Å²) in [4.78, 5) is 22.6. The monoisotopic (exact) mass is 288 g/mol. The molecule has 2 unspecified atom stereocenters. The van der Waals surface area contributed by atoms with Gasteiger partial charge in [-0.2, -0.15) is 0 Å². The fourth-order valence-electron chi connectivity index (χ4n) is 2.57. The van der Waals surface area contributed by atoms with Crippen LogP contribution in [0.1, 0.15) is 31.2 Å². The molecule has 4 N–H and O–H groups in total. The average Bonchev–Trinajstić information content (AvgIpc) is 2.47. The molecule has 0 aliphatic heterocycles. The molecule has 5 nitrogen and oxygen atoms in total. The molecule has 0 saturated heterocycles. The van der Waals surface area contributed by atoms with Gasteiger partial charge in [0.05, 0.1) is 5.92 Å². The largest absolute Gasteiger partial charge is 0.478 e. The topological polar surface area (TPSA) is 92.4 Å². The molecule has 21 heavy (non-hydrogen) atoms. The van der Waals surface area contributed by atoms with Gasteiger partial charge in [0.1, 0.15) is 0 Å². The van der Waals surface area contributed by atoms with Crippen LogP contribution in [0, 0.1) is 5.92 Å². The number of nitrogens with two attached hydrogens (primary N) is 1. The quantitative estimate of drug-likeness (QED) is 0.741. The predicted octanol–water partition coefficient (Wildman–Crippen LogP) is 2.24. The van der Waals surface area contributed by atoms with Crippen molar-refractivity contribution in [1.29, 1.82) is 0 Å². The van der Waals surface area contributed by atoms with Crippen molar-refractivity contribution in [1.82, 2.24) is 0 Å². The Morgan fingerprint density at radius 3 is 2.48 bits per heavy atom. The lowest BCUT2D eigenvalue weighted by molar-refractivity contribution is -0.131. The lowest BCUT2D eigenvalue weighted by Crippen LogP contribution is -2.40. The van der Waals surface area contributed by atoms with E-state index in [0.717, 1.165) is 37.3 Å². The van der Waals surface area contributed by atoms with Crippen LogP contribution < -0.4 is 11.1 Å². The molecule has 0 radical (unpaired) electrons. The lowest BCUT2D eigenvalue weighted by Gasteiger charge is -2.27. The van der Waals surface area contributed by atoms with Gasteiger partial charge in [-0.25, -0.2) is 4.79 Å². The Morgan fingerprint density at radius 1 is 1.19 bits per heavy atom. The van der Waals surface area contributed by atoms with Gasteiger partial charge >= 0.3 is 5.97 Å². The highest BCUT2D eigenvalue weighted by molar-refractivity contribution is 5.93. The van der Waals surface area contributed by atoms with Gasteiger partial charge in [-0.15, -0.1) is 0 Å². The maximum atomic E-state index is 12.2. The van der Waals surface area contributed by atoms with E-state index in [2.05, 4.69) is 5.32 Å². The highest BCUT2D eigenvalue weighted by Gasteiger charge is 2.28. The number of anilines is 1. The molecular formula is C16H20N2O3. The lowest BCUT2D eigenvalue weighted by atomic mass is 9.84. The molecule has 0 aromatic heterocycles. The van der Waals surface area contributed by atoms with Crippen LogP contribution in [0.5, 0.6) is 0 Å². The van der Waals surface area contributed by atoms with Gasteiger partial charge in [-0.05, 0) is 36.6 Å². The summed E-state index contributed by atoms with van der Waals surface area (Å²) in [7, 11) is 0. The number of carbonyl (C=O) groups excluding carboxylic acids is 1. The van der Waals surface area contributed by atoms with E-state index in [0.29, 0.717) is 5.69 Å². The van der Waals surface area contributed by atoms with E-state index in [1.165, 1.54) is 6.08 Å². The first-order valence-corrected chi connectivity index (χ1v) is 7.14. The van der Waals surface area contributed by atoms with Crippen molar-refractivity contribution in [2.24, 2.45) is 11.7 Å². The SMILES string of the molecule is NC1CCCCC1C(=O)Nc1ccc(/C=C/C(=O)O)cc1. The van der Waals surface area contributed by atoms with E-state index >= 15 is 0 Å². The van der Waals surface area contributed by atoms with E-state index in [9.17, 15) is 9.59 Å². The zero-order valence-corrected chi connectivity index (χ0v) is 11.8. The molecule has 1 aromatic rings. The van der Waals surface area contributed by atoms with Gasteiger partial charge in [-0.3, -0.25) is 4.79 Å². The van der Waals surface area contributed by atoms with Crippen LogP contribution in [0.2, 0.25) is 0 Å². The van der Waals surface area contributed by atoms with Crippen LogP contribution in [-0.2, 0) is 9.59 Å². The molecule has 1 saturated carbocycles. The molecule has 1 aliphatic rings. The Balaban J connectivity index is 1.96. The second-order valence-electron chi connectivity index (χ2n) is 5.34. The second kappa shape index (κ2) is 7.04. The van der Waals surface area contributed by atoms with Gasteiger partial charge in [-0.1, -0.05) is 25.0 Å². The van der Waals surface area contributed by atoms with Crippen molar-refractivity contribution in [3.8, 4) is 0 Å². The third kappa shape index (κ3) is 4.43. The summed E-state index contributed by atoms with van der Waals surface area (Å²) in [6.07, 6.45) is 6.46. The van der Waals surface area contributed by atoms with E-state index in [1.807, 2.05) is 0 Å². The summed E-state index contributed by atoms with van der Waals surface area (Å²) in [5.74, 6) is -1.14. The molecule has 1 fully saturated rings. The summed E-state index contributed by atoms with van der Waals surface area (Å²) in [6.45, 7) is 0. The van der Waals surface area contributed by atoms with Gasteiger partial charge in [0.25, 0.3) is 0 Å². The first-order valence-electron chi connectivity index (χ1n) is 7.14.